The summed E-state index contributed by atoms with van der Waals surface area (Å²) >= 11 is 0. The zero-order valence-electron chi connectivity index (χ0n) is 16.3. The largest absolute Gasteiger partial charge is 0.404 e. The van der Waals surface area contributed by atoms with E-state index in [1.165, 1.54) is 12.3 Å². The predicted octanol–water partition coefficient (Wildman–Crippen LogP) is 3.52. The van der Waals surface area contributed by atoms with E-state index >= 15 is 0 Å². The van der Waals surface area contributed by atoms with Crippen molar-refractivity contribution in [3.63, 3.8) is 0 Å². The highest BCUT2D eigenvalue weighted by Gasteiger charge is 2.37. The van der Waals surface area contributed by atoms with E-state index in [9.17, 15) is 13.6 Å². The van der Waals surface area contributed by atoms with Gasteiger partial charge in [-0.2, -0.15) is 0 Å². The van der Waals surface area contributed by atoms with Gasteiger partial charge >= 0.3 is 0 Å². The van der Waals surface area contributed by atoms with Gasteiger partial charge in [0.2, 0.25) is 5.91 Å². The number of nitrogens with zero attached hydrogens (tertiary/aromatic N) is 2. The normalized spacial score (nSPS) is 16.7. The number of carbonyl (C=O) groups excluding carboxylic acids is 1. The van der Waals surface area contributed by atoms with Crippen LogP contribution in [0, 0.1) is 5.41 Å². The summed E-state index contributed by atoms with van der Waals surface area (Å²) in [5.74, 6) is -2.93. The fourth-order valence-corrected chi connectivity index (χ4v) is 3.26. The number of hydrogen-bond donors (Lipinski definition) is 3. The average molecular weight is 411 g/mol. The molecule has 0 aliphatic carbocycles. The summed E-state index contributed by atoms with van der Waals surface area (Å²) in [7, 11) is 0. The van der Waals surface area contributed by atoms with Gasteiger partial charge in [0, 0.05) is 67.2 Å². The van der Waals surface area contributed by atoms with Gasteiger partial charge in [-0.25, -0.2) is 8.78 Å². The first-order chi connectivity index (χ1) is 14.4. The van der Waals surface area contributed by atoms with Crippen LogP contribution in [0.4, 0.5) is 14.5 Å². The number of likely N-dealkylation sites (tertiary alicyclic amines) is 1. The number of allylic oxidation sites excluding steroid dienone is 1. The third-order valence-corrected chi connectivity index (χ3v) is 4.79. The summed E-state index contributed by atoms with van der Waals surface area (Å²) < 4.78 is 26.6. The Hall–Kier alpha value is -3.39. The third kappa shape index (κ3) is 5.57. The van der Waals surface area contributed by atoms with Crippen LogP contribution in [0.25, 0.3) is 11.6 Å². The van der Waals surface area contributed by atoms with Crippen LogP contribution in [0.15, 0.2) is 55.0 Å². The molecule has 0 bridgehead atoms. The Labute approximate surface area is 173 Å². The van der Waals surface area contributed by atoms with E-state index in [1.807, 2.05) is 12.1 Å². The second kappa shape index (κ2) is 9.41. The SMILES string of the molecule is N=CC(=CN)c1ccncc1/C=C/C(=O)Nc1ccc(CN2CCC(F)(F)C2)cc1. The van der Waals surface area contributed by atoms with Gasteiger partial charge in [0.1, 0.15) is 0 Å². The summed E-state index contributed by atoms with van der Waals surface area (Å²) in [6.07, 6.45) is 8.51. The molecule has 0 atom stereocenters. The van der Waals surface area contributed by atoms with E-state index in [2.05, 4.69) is 10.3 Å². The smallest absolute Gasteiger partial charge is 0.261 e. The van der Waals surface area contributed by atoms with Crippen molar-refractivity contribution in [3.8, 4) is 0 Å². The monoisotopic (exact) mass is 411 g/mol. The molecule has 1 saturated heterocycles. The van der Waals surface area contributed by atoms with Crippen molar-refractivity contribution in [2.45, 2.75) is 18.9 Å². The molecule has 4 N–H and O–H groups in total. The number of halogens is 2. The molecule has 1 aromatic heterocycles. The van der Waals surface area contributed by atoms with Crippen LogP contribution in [-0.4, -0.2) is 41.0 Å². The molecule has 156 valence electrons. The lowest BCUT2D eigenvalue weighted by Gasteiger charge is -2.15. The first-order valence-electron chi connectivity index (χ1n) is 9.45. The standard InChI is InChI=1S/C22H23F2N5O/c23-22(24)8-10-29(15-22)14-16-1-4-19(5-2-16)28-21(30)6-3-17-13-27-9-7-20(17)18(11-25)12-26/h1-7,9,11-13,25H,8,10,14-15,26H2,(H,28,30)/b6-3+,18-12?,25-11?. The van der Waals surface area contributed by atoms with Crippen molar-refractivity contribution in [1.82, 2.24) is 9.88 Å². The van der Waals surface area contributed by atoms with Gasteiger partial charge in [0.15, 0.2) is 0 Å². The molecule has 1 amide bonds. The fourth-order valence-electron chi connectivity index (χ4n) is 3.26. The first-order valence-corrected chi connectivity index (χ1v) is 9.45. The highest BCUT2D eigenvalue weighted by Crippen LogP contribution is 2.28. The van der Waals surface area contributed by atoms with Gasteiger partial charge in [-0.15, -0.1) is 0 Å². The molecular formula is C22H23F2N5O. The number of carbonyl (C=O) groups is 1. The highest BCUT2D eigenvalue weighted by atomic mass is 19.3. The molecule has 0 spiro atoms. The number of pyridine rings is 1. The minimum atomic E-state index is -2.60. The number of nitrogens with one attached hydrogen (secondary N) is 2. The number of anilines is 1. The number of rotatable bonds is 7. The summed E-state index contributed by atoms with van der Waals surface area (Å²) in [4.78, 5) is 18.0. The summed E-state index contributed by atoms with van der Waals surface area (Å²) in [5, 5.41) is 10.2. The van der Waals surface area contributed by atoms with Crippen LogP contribution in [0.3, 0.4) is 0 Å². The maximum atomic E-state index is 13.3. The third-order valence-electron chi connectivity index (χ3n) is 4.79. The number of hydrogen-bond acceptors (Lipinski definition) is 5. The molecule has 1 fully saturated rings. The van der Waals surface area contributed by atoms with E-state index in [-0.39, 0.29) is 18.9 Å². The Kier molecular flexibility index (Phi) is 6.68. The van der Waals surface area contributed by atoms with E-state index in [0.717, 1.165) is 11.8 Å². The van der Waals surface area contributed by atoms with Crippen LogP contribution >= 0.6 is 0 Å². The van der Waals surface area contributed by atoms with Crippen LogP contribution in [0.5, 0.6) is 0 Å². The summed E-state index contributed by atoms with van der Waals surface area (Å²) in [6, 6.07) is 8.84. The van der Waals surface area contributed by atoms with E-state index < -0.39 is 5.92 Å². The first kappa shape index (κ1) is 21.3. The van der Waals surface area contributed by atoms with Gasteiger partial charge in [-0.3, -0.25) is 14.7 Å². The Balaban J connectivity index is 1.60. The molecule has 30 heavy (non-hydrogen) atoms. The van der Waals surface area contributed by atoms with E-state index in [4.69, 9.17) is 11.1 Å². The van der Waals surface area contributed by atoms with Crippen LogP contribution in [-0.2, 0) is 11.3 Å². The Morgan fingerprint density at radius 1 is 1.30 bits per heavy atom. The van der Waals surface area contributed by atoms with Crippen molar-refractivity contribution in [2.75, 3.05) is 18.4 Å². The molecule has 1 aliphatic heterocycles. The van der Waals surface area contributed by atoms with Crippen molar-refractivity contribution in [3.05, 3.63) is 71.7 Å². The second-order valence-electron chi connectivity index (χ2n) is 7.07. The van der Waals surface area contributed by atoms with Crippen LogP contribution < -0.4 is 11.1 Å². The lowest BCUT2D eigenvalue weighted by atomic mass is 10.0. The molecule has 0 radical (unpaired) electrons. The summed E-state index contributed by atoms with van der Waals surface area (Å²) in [6.45, 7) is 0.620. The molecule has 1 aliphatic rings. The minimum Gasteiger partial charge on any atom is -0.404 e. The predicted molar refractivity (Wildman–Crippen MR) is 114 cm³/mol. The lowest BCUT2D eigenvalue weighted by Crippen LogP contribution is -2.24. The molecule has 2 heterocycles. The molecule has 8 heteroatoms. The van der Waals surface area contributed by atoms with Crippen molar-refractivity contribution < 1.29 is 13.6 Å². The van der Waals surface area contributed by atoms with Crippen LogP contribution in [0.1, 0.15) is 23.1 Å². The minimum absolute atomic E-state index is 0.103. The highest BCUT2D eigenvalue weighted by molar-refractivity contribution is 6.10. The Bertz CT molecular complexity index is 970. The second-order valence-corrected chi connectivity index (χ2v) is 7.07. The van der Waals surface area contributed by atoms with Crippen molar-refractivity contribution >= 4 is 29.5 Å². The quantitative estimate of drug-likeness (QED) is 0.480. The number of alkyl halides is 2. The van der Waals surface area contributed by atoms with Crippen molar-refractivity contribution in [1.29, 1.82) is 5.41 Å². The molecule has 0 unspecified atom stereocenters. The molecule has 2 aromatic rings. The Morgan fingerprint density at radius 2 is 2.07 bits per heavy atom. The molecule has 0 saturated carbocycles. The maximum absolute atomic E-state index is 13.3. The van der Waals surface area contributed by atoms with Crippen molar-refractivity contribution in [2.24, 2.45) is 5.73 Å². The molecular weight excluding hydrogens is 388 g/mol. The number of aromatic nitrogens is 1. The molecule has 6 nitrogen and oxygen atoms in total. The zero-order chi connectivity index (χ0) is 21.6. The fraction of sp³-hybridized carbons (Fsp3) is 0.227. The lowest BCUT2D eigenvalue weighted by molar-refractivity contribution is -0.111. The Morgan fingerprint density at radius 3 is 2.70 bits per heavy atom. The van der Waals surface area contributed by atoms with E-state index in [0.29, 0.717) is 35.5 Å². The van der Waals surface area contributed by atoms with Gasteiger partial charge in [0.25, 0.3) is 5.92 Å². The van der Waals surface area contributed by atoms with E-state index in [1.54, 1.807) is 41.6 Å². The number of amides is 1. The van der Waals surface area contributed by atoms with Gasteiger partial charge in [0.05, 0.1) is 6.54 Å². The molecule has 3 rings (SSSR count). The molecule has 1 aromatic carbocycles. The van der Waals surface area contributed by atoms with Gasteiger partial charge in [-0.1, -0.05) is 12.1 Å². The topological polar surface area (TPSA) is 95.1 Å². The average Bonchev–Trinajstić information content (AvgIpc) is 3.08. The summed E-state index contributed by atoms with van der Waals surface area (Å²) in [5.41, 5.74) is 8.93. The zero-order valence-corrected chi connectivity index (χ0v) is 16.3. The number of nitrogens with two attached hydrogens (primary N) is 1. The number of benzene rings is 1. The maximum Gasteiger partial charge on any atom is 0.261 e. The van der Waals surface area contributed by atoms with Gasteiger partial charge in [-0.05, 0) is 35.4 Å². The van der Waals surface area contributed by atoms with Gasteiger partial charge < -0.3 is 16.5 Å². The van der Waals surface area contributed by atoms with Crippen LogP contribution in [0.2, 0.25) is 0 Å².